The van der Waals surface area contributed by atoms with Crippen LogP contribution < -0.4 is 9.47 Å². The normalized spacial score (nSPS) is 13.1. The van der Waals surface area contributed by atoms with Crippen molar-refractivity contribution in [2.75, 3.05) is 0 Å². The first-order valence-electron chi connectivity index (χ1n) is 25.7. The van der Waals surface area contributed by atoms with E-state index >= 15 is 0 Å². The molecule has 1 spiro atoms. The molecule has 16 rings (SSSR count). The summed E-state index contributed by atoms with van der Waals surface area (Å²) in [5.74, 6) is 4.82. The first kappa shape index (κ1) is 42.3. The molecule has 0 N–H and O–H groups in total. The lowest BCUT2D eigenvalue weighted by atomic mass is 9.70. The Balaban J connectivity index is 0.768. The average molecular weight is 971 g/mol. The van der Waals surface area contributed by atoms with Gasteiger partial charge in [-0.25, -0.2) is 15.0 Å². The number of aromatic nitrogens is 4. The van der Waals surface area contributed by atoms with Crippen molar-refractivity contribution in [3.05, 3.63) is 277 Å². The van der Waals surface area contributed by atoms with Crippen LogP contribution in [0.15, 0.2) is 255 Å². The quantitative estimate of drug-likeness (QED) is 0.166. The van der Waals surface area contributed by atoms with Gasteiger partial charge < -0.3 is 14.0 Å². The maximum atomic E-state index is 6.62. The Hall–Kier alpha value is -10.2. The molecule has 2 aromatic heterocycles. The minimum atomic E-state index is -0.565. The Morgan fingerprint density at radius 3 is 1.37 bits per heavy atom. The second-order valence-electron chi connectivity index (χ2n) is 19.8. The lowest BCUT2D eigenvalue weighted by molar-refractivity contribution is 0.359. The third-order valence-electron chi connectivity index (χ3n) is 15.8. The first-order valence-corrected chi connectivity index (χ1v) is 25.7. The van der Waals surface area contributed by atoms with Gasteiger partial charge in [0.1, 0.15) is 0 Å². The summed E-state index contributed by atoms with van der Waals surface area (Å²) in [6, 6.07) is 90.6. The van der Waals surface area contributed by atoms with E-state index in [9.17, 15) is 0 Å². The van der Waals surface area contributed by atoms with E-state index in [0.29, 0.717) is 17.5 Å². The third-order valence-corrected chi connectivity index (χ3v) is 15.8. The van der Waals surface area contributed by atoms with Crippen molar-refractivity contribution in [1.29, 1.82) is 0 Å². The lowest BCUT2D eigenvalue weighted by Crippen LogP contribution is -2.26. The molecule has 0 radical (unpaired) electrons. The molecule has 11 aromatic carbocycles. The van der Waals surface area contributed by atoms with Gasteiger partial charge in [0.25, 0.3) is 0 Å². The van der Waals surface area contributed by atoms with Gasteiger partial charge in [0.2, 0.25) is 0 Å². The number of hydrogen-bond donors (Lipinski definition) is 0. The standard InChI is InChI=1S/C70H42N4O2/c1-3-15-45(16-4-1)67-71-68(46-17-5-2-6-18-46)73-69(72-67)47-29-27-43(28-30-47)44-31-35-50(36-32-44)74-61-24-12-9-21-54(61)56-39-48(34-38-62(56)74)49-33-37-53-55-41-65-66(76-64-26-14-13-25-63(64)75-65)42-60(55)70(59(53)40-49)57-22-10-7-19-51(57)52-20-8-11-23-58(52)70/h1-42H. The van der Waals surface area contributed by atoms with Gasteiger partial charge in [-0.3, -0.25) is 0 Å². The third kappa shape index (κ3) is 6.31. The fraction of sp³-hybridized carbons (Fsp3) is 0.0143. The van der Waals surface area contributed by atoms with E-state index in [2.05, 4.69) is 174 Å². The van der Waals surface area contributed by atoms with Crippen molar-refractivity contribution >= 4 is 21.8 Å². The molecule has 0 saturated heterocycles. The second-order valence-corrected chi connectivity index (χ2v) is 19.8. The zero-order valence-electron chi connectivity index (χ0n) is 40.9. The fourth-order valence-electron chi connectivity index (χ4n) is 12.3. The van der Waals surface area contributed by atoms with Crippen LogP contribution in [0.2, 0.25) is 0 Å². The van der Waals surface area contributed by atoms with Crippen LogP contribution in [0.1, 0.15) is 22.3 Å². The van der Waals surface area contributed by atoms with E-state index in [1.54, 1.807) is 0 Å². The van der Waals surface area contributed by atoms with Crippen molar-refractivity contribution in [3.63, 3.8) is 0 Å². The van der Waals surface area contributed by atoms with Gasteiger partial charge >= 0.3 is 0 Å². The molecule has 6 heteroatoms. The lowest BCUT2D eigenvalue weighted by Gasteiger charge is -2.31. The number of hydrogen-bond acceptors (Lipinski definition) is 5. The van der Waals surface area contributed by atoms with E-state index < -0.39 is 5.41 Å². The van der Waals surface area contributed by atoms with Crippen LogP contribution in [0.25, 0.3) is 106 Å². The van der Waals surface area contributed by atoms with Crippen molar-refractivity contribution in [2.24, 2.45) is 0 Å². The number of ether oxygens (including phenoxy) is 2. The first-order chi connectivity index (χ1) is 37.6. The van der Waals surface area contributed by atoms with Crippen LogP contribution in [-0.2, 0) is 5.41 Å². The summed E-state index contributed by atoms with van der Waals surface area (Å²) < 4.78 is 15.6. The monoisotopic (exact) mass is 970 g/mol. The summed E-state index contributed by atoms with van der Waals surface area (Å²) >= 11 is 0. The highest BCUT2D eigenvalue weighted by molar-refractivity contribution is 6.10. The van der Waals surface area contributed by atoms with Gasteiger partial charge in [0.15, 0.2) is 40.5 Å². The van der Waals surface area contributed by atoms with E-state index in [1.807, 2.05) is 84.9 Å². The fourth-order valence-corrected chi connectivity index (χ4v) is 12.3. The Morgan fingerprint density at radius 2 is 0.724 bits per heavy atom. The molecule has 0 amide bonds. The molecule has 0 atom stereocenters. The Kier molecular flexibility index (Phi) is 9.15. The van der Waals surface area contributed by atoms with Crippen molar-refractivity contribution in [3.8, 4) is 107 Å². The topological polar surface area (TPSA) is 62.1 Å². The summed E-state index contributed by atoms with van der Waals surface area (Å²) in [5, 5.41) is 2.41. The Bertz CT molecular complexity index is 4400. The van der Waals surface area contributed by atoms with Crippen LogP contribution in [0.5, 0.6) is 23.0 Å². The zero-order chi connectivity index (χ0) is 49.9. The summed E-state index contributed by atoms with van der Waals surface area (Å²) in [6.07, 6.45) is 0. The minimum absolute atomic E-state index is 0.565. The molecule has 3 heterocycles. The number of benzene rings is 11. The van der Waals surface area contributed by atoms with Crippen molar-refractivity contribution < 1.29 is 9.47 Å². The second kappa shape index (κ2) is 16.4. The molecule has 0 fully saturated rings. The van der Waals surface area contributed by atoms with Gasteiger partial charge in [-0.05, 0) is 127 Å². The van der Waals surface area contributed by atoms with Crippen LogP contribution in [0.3, 0.4) is 0 Å². The van der Waals surface area contributed by atoms with Gasteiger partial charge in [-0.15, -0.1) is 0 Å². The predicted octanol–water partition coefficient (Wildman–Crippen LogP) is 17.5. The van der Waals surface area contributed by atoms with Crippen LogP contribution in [0, 0.1) is 0 Å². The molecule has 6 nitrogen and oxygen atoms in total. The number of fused-ring (bicyclic) bond motifs is 15. The van der Waals surface area contributed by atoms with Crippen LogP contribution in [0.4, 0.5) is 0 Å². The molecular formula is C70H42N4O2. The van der Waals surface area contributed by atoms with Crippen molar-refractivity contribution in [1.82, 2.24) is 19.5 Å². The Morgan fingerprint density at radius 1 is 0.276 bits per heavy atom. The maximum absolute atomic E-state index is 6.62. The molecule has 0 unspecified atom stereocenters. The molecule has 3 aliphatic rings. The summed E-state index contributed by atoms with van der Waals surface area (Å²) in [7, 11) is 0. The zero-order valence-corrected chi connectivity index (χ0v) is 40.9. The molecule has 0 bridgehead atoms. The number of rotatable bonds is 6. The highest BCUT2D eigenvalue weighted by atomic mass is 16.6. The van der Waals surface area contributed by atoms with Crippen LogP contribution in [-0.4, -0.2) is 19.5 Å². The molecule has 76 heavy (non-hydrogen) atoms. The summed E-state index contributed by atoms with van der Waals surface area (Å²) in [5.41, 5.74) is 20.1. The van der Waals surface area contributed by atoms with E-state index in [4.69, 9.17) is 24.4 Å². The van der Waals surface area contributed by atoms with E-state index in [0.717, 1.165) is 84.2 Å². The van der Waals surface area contributed by atoms with Gasteiger partial charge in [-0.2, -0.15) is 0 Å². The van der Waals surface area contributed by atoms with Gasteiger partial charge in [0, 0.05) is 33.2 Å². The van der Waals surface area contributed by atoms with Gasteiger partial charge in [-0.1, -0.05) is 194 Å². The largest absolute Gasteiger partial charge is 0.450 e. The molecule has 354 valence electrons. The number of nitrogens with zero attached hydrogens (tertiary/aromatic N) is 4. The van der Waals surface area contributed by atoms with Gasteiger partial charge in [0.05, 0.1) is 16.4 Å². The smallest absolute Gasteiger partial charge is 0.170 e. The van der Waals surface area contributed by atoms with Crippen molar-refractivity contribution in [2.45, 2.75) is 5.41 Å². The van der Waals surface area contributed by atoms with Crippen LogP contribution >= 0.6 is 0 Å². The van der Waals surface area contributed by atoms with E-state index in [-0.39, 0.29) is 0 Å². The minimum Gasteiger partial charge on any atom is -0.450 e. The average Bonchev–Trinajstić information content (AvgIpc) is 4.28. The Labute approximate surface area is 438 Å². The summed E-state index contributed by atoms with van der Waals surface area (Å²) in [4.78, 5) is 14.8. The summed E-state index contributed by atoms with van der Waals surface area (Å²) in [6.45, 7) is 0. The molecule has 13 aromatic rings. The number of para-hydroxylation sites is 3. The molecule has 0 saturated carbocycles. The molecule has 2 aliphatic carbocycles. The SMILES string of the molecule is c1ccc(-c2nc(-c3ccccc3)nc(-c3ccc(-c4ccc(-n5c6ccccc6c6cc(-c7ccc8c(c7)C7(c9ccccc9-c9ccccc97)c7cc9c(cc7-8)Oc7ccccc7O9)ccc65)cc4)cc3)n2)cc1. The highest BCUT2D eigenvalue weighted by Crippen LogP contribution is 2.65. The van der Waals surface area contributed by atoms with E-state index in [1.165, 1.54) is 49.7 Å². The molecular weight excluding hydrogens is 929 g/mol. The highest BCUT2D eigenvalue weighted by Gasteiger charge is 2.52. The molecule has 1 aliphatic heterocycles. The predicted molar refractivity (Wildman–Crippen MR) is 304 cm³/mol. The maximum Gasteiger partial charge on any atom is 0.170 e.